The predicted molar refractivity (Wildman–Crippen MR) is 131 cm³/mol. The zero-order valence-corrected chi connectivity index (χ0v) is 19.5. The zero-order chi connectivity index (χ0) is 22.8. The van der Waals surface area contributed by atoms with Crippen LogP contribution in [0.2, 0.25) is 0 Å². The maximum Gasteiger partial charge on any atom is 0.262 e. The first-order valence-electron chi connectivity index (χ1n) is 12.0. The Bertz CT molecular complexity index is 1290. The number of aryl methyl sites for hydroxylation is 1. The Kier molecular flexibility index (Phi) is 6.24. The van der Waals surface area contributed by atoms with E-state index in [0.29, 0.717) is 17.2 Å². The first kappa shape index (κ1) is 21.8. The quantitative estimate of drug-likeness (QED) is 0.437. The molecule has 7 nitrogen and oxygen atoms in total. The molecule has 0 radical (unpaired) electrons. The van der Waals surface area contributed by atoms with Crippen LogP contribution in [0, 0.1) is 0 Å². The van der Waals surface area contributed by atoms with Gasteiger partial charge in [-0.3, -0.25) is 23.6 Å². The third-order valence-corrected chi connectivity index (χ3v) is 6.79. The minimum absolute atomic E-state index is 0.0358. The fourth-order valence-corrected chi connectivity index (χ4v) is 5.17. The Labute approximate surface area is 194 Å². The Balaban J connectivity index is 1.43. The summed E-state index contributed by atoms with van der Waals surface area (Å²) in [6.07, 6.45) is 3.49. The standard InChI is InChI=1S/C26H32N6O/c1-3-15-31(21-12-9-16-30(18-21)17-20-10-5-4-6-11-20)19-24-27-28-26-29(2)25(33)22-13-7-8-14-23(22)32(24)26/h4-8,10-11,13-14,21H,3,9,12,15-19H2,1-2H3. The van der Waals surface area contributed by atoms with E-state index >= 15 is 0 Å². The van der Waals surface area contributed by atoms with Gasteiger partial charge < -0.3 is 0 Å². The summed E-state index contributed by atoms with van der Waals surface area (Å²) in [6, 6.07) is 19.0. The van der Waals surface area contributed by atoms with Crippen molar-refractivity contribution in [2.75, 3.05) is 19.6 Å². The second kappa shape index (κ2) is 9.45. The molecule has 0 aliphatic carbocycles. The van der Waals surface area contributed by atoms with E-state index in [1.165, 1.54) is 18.4 Å². The van der Waals surface area contributed by atoms with Gasteiger partial charge in [-0.15, -0.1) is 10.2 Å². The summed E-state index contributed by atoms with van der Waals surface area (Å²) in [6.45, 7) is 7.18. The fourth-order valence-electron chi connectivity index (χ4n) is 5.17. The van der Waals surface area contributed by atoms with Gasteiger partial charge in [-0.05, 0) is 50.0 Å². The number of rotatable bonds is 7. The molecule has 0 amide bonds. The van der Waals surface area contributed by atoms with Crippen LogP contribution in [0.5, 0.6) is 0 Å². The monoisotopic (exact) mass is 444 g/mol. The van der Waals surface area contributed by atoms with Crippen molar-refractivity contribution in [2.45, 2.75) is 45.3 Å². The van der Waals surface area contributed by atoms with Crippen LogP contribution in [-0.2, 0) is 20.1 Å². The maximum absolute atomic E-state index is 12.8. The van der Waals surface area contributed by atoms with Gasteiger partial charge in [-0.25, -0.2) is 0 Å². The van der Waals surface area contributed by atoms with E-state index in [2.05, 4.69) is 61.7 Å². The Hall–Kier alpha value is -3.03. The molecule has 2 aromatic heterocycles. The molecule has 2 aromatic carbocycles. The SMILES string of the molecule is CCCN(Cc1nnc2n(C)c(=O)c3ccccc3n12)C1CCCN(Cc2ccccc2)C1. The Morgan fingerprint density at radius 1 is 1.06 bits per heavy atom. The van der Waals surface area contributed by atoms with Gasteiger partial charge in [0.05, 0.1) is 17.4 Å². The van der Waals surface area contributed by atoms with Crippen molar-refractivity contribution in [3.63, 3.8) is 0 Å². The molecule has 0 saturated carbocycles. The highest BCUT2D eigenvalue weighted by atomic mass is 16.1. The summed E-state index contributed by atoms with van der Waals surface area (Å²) in [5.74, 6) is 1.49. The molecule has 1 aliphatic rings. The first-order chi connectivity index (χ1) is 16.2. The van der Waals surface area contributed by atoms with Crippen LogP contribution in [0.25, 0.3) is 16.7 Å². The van der Waals surface area contributed by atoms with Crippen molar-refractivity contribution in [3.8, 4) is 0 Å². The van der Waals surface area contributed by atoms with Gasteiger partial charge in [-0.2, -0.15) is 0 Å². The third kappa shape index (κ3) is 4.30. The van der Waals surface area contributed by atoms with Crippen LogP contribution < -0.4 is 5.56 Å². The van der Waals surface area contributed by atoms with Gasteiger partial charge in [0.25, 0.3) is 5.56 Å². The lowest BCUT2D eigenvalue weighted by Crippen LogP contribution is -2.47. The summed E-state index contributed by atoms with van der Waals surface area (Å²) in [7, 11) is 1.77. The summed E-state index contributed by atoms with van der Waals surface area (Å²) in [5.41, 5.74) is 2.21. The topological polar surface area (TPSA) is 58.7 Å². The van der Waals surface area contributed by atoms with Crippen LogP contribution in [0.3, 0.4) is 0 Å². The molecule has 0 bridgehead atoms. The van der Waals surface area contributed by atoms with E-state index in [4.69, 9.17) is 0 Å². The molecule has 0 spiro atoms. The predicted octanol–water partition coefficient (Wildman–Crippen LogP) is 3.46. The molecule has 4 aromatic rings. The summed E-state index contributed by atoms with van der Waals surface area (Å²) in [4.78, 5) is 17.9. The van der Waals surface area contributed by atoms with Gasteiger partial charge in [0, 0.05) is 26.2 Å². The van der Waals surface area contributed by atoms with Crippen molar-refractivity contribution in [1.82, 2.24) is 29.0 Å². The molecule has 172 valence electrons. The number of aromatic nitrogens is 4. The van der Waals surface area contributed by atoms with Crippen LogP contribution in [0.4, 0.5) is 0 Å². The molecule has 1 fully saturated rings. The highest BCUT2D eigenvalue weighted by Crippen LogP contribution is 2.21. The first-order valence-corrected chi connectivity index (χ1v) is 12.0. The molecular weight excluding hydrogens is 412 g/mol. The Morgan fingerprint density at radius 3 is 2.67 bits per heavy atom. The molecule has 1 unspecified atom stereocenters. The number of hydrogen-bond donors (Lipinski definition) is 0. The van der Waals surface area contributed by atoms with Crippen LogP contribution >= 0.6 is 0 Å². The van der Waals surface area contributed by atoms with Gasteiger partial charge in [0.2, 0.25) is 5.78 Å². The highest BCUT2D eigenvalue weighted by Gasteiger charge is 2.27. The molecular formula is C26H32N6O. The molecule has 3 heterocycles. The summed E-state index contributed by atoms with van der Waals surface area (Å²) < 4.78 is 3.66. The average Bonchev–Trinajstić information content (AvgIpc) is 3.27. The maximum atomic E-state index is 12.8. The molecule has 1 aliphatic heterocycles. The van der Waals surface area contributed by atoms with E-state index in [1.807, 2.05) is 24.3 Å². The number of piperidine rings is 1. The normalized spacial score (nSPS) is 17.4. The smallest absolute Gasteiger partial charge is 0.262 e. The third-order valence-electron chi connectivity index (χ3n) is 6.79. The van der Waals surface area contributed by atoms with E-state index in [0.717, 1.165) is 50.5 Å². The van der Waals surface area contributed by atoms with Crippen molar-refractivity contribution in [2.24, 2.45) is 7.05 Å². The minimum Gasteiger partial charge on any atom is -0.298 e. The number of hydrogen-bond acceptors (Lipinski definition) is 5. The second-order valence-corrected chi connectivity index (χ2v) is 9.12. The van der Waals surface area contributed by atoms with Crippen LogP contribution in [0.1, 0.15) is 37.6 Å². The molecule has 5 rings (SSSR count). The number of benzene rings is 2. The van der Waals surface area contributed by atoms with Crippen LogP contribution in [-0.4, -0.2) is 54.6 Å². The van der Waals surface area contributed by atoms with Gasteiger partial charge in [0.1, 0.15) is 0 Å². The number of para-hydroxylation sites is 1. The zero-order valence-electron chi connectivity index (χ0n) is 19.5. The van der Waals surface area contributed by atoms with Crippen molar-refractivity contribution < 1.29 is 0 Å². The summed E-state index contributed by atoms with van der Waals surface area (Å²) in [5, 5.41) is 9.64. The van der Waals surface area contributed by atoms with Crippen molar-refractivity contribution >= 4 is 16.7 Å². The largest absolute Gasteiger partial charge is 0.298 e. The molecule has 0 N–H and O–H groups in total. The van der Waals surface area contributed by atoms with Gasteiger partial charge >= 0.3 is 0 Å². The molecule has 7 heteroatoms. The minimum atomic E-state index is -0.0358. The van der Waals surface area contributed by atoms with Gasteiger partial charge in [0.15, 0.2) is 5.82 Å². The number of fused-ring (bicyclic) bond motifs is 3. The molecule has 1 atom stereocenters. The van der Waals surface area contributed by atoms with E-state index in [1.54, 1.807) is 11.6 Å². The number of likely N-dealkylation sites (tertiary alicyclic amines) is 1. The number of nitrogens with zero attached hydrogens (tertiary/aromatic N) is 6. The van der Waals surface area contributed by atoms with E-state index < -0.39 is 0 Å². The summed E-state index contributed by atoms with van der Waals surface area (Å²) >= 11 is 0. The average molecular weight is 445 g/mol. The van der Waals surface area contributed by atoms with Gasteiger partial charge in [-0.1, -0.05) is 49.4 Å². The molecule has 33 heavy (non-hydrogen) atoms. The van der Waals surface area contributed by atoms with E-state index in [-0.39, 0.29) is 5.56 Å². The van der Waals surface area contributed by atoms with E-state index in [9.17, 15) is 4.79 Å². The lowest BCUT2D eigenvalue weighted by molar-refractivity contribution is 0.0856. The van der Waals surface area contributed by atoms with Crippen LogP contribution in [0.15, 0.2) is 59.4 Å². The highest BCUT2D eigenvalue weighted by molar-refractivity contribution is 5.80. The Morgan fingerprint density at radius 2 is 1.85 bits per heavy atom. The fraction of sp³-hybridized carbons (Fsp3) is 0.423. The second-order valence-electron chi connectivity index (χ2n) is 9.12. The lowest BCUT2D eigenvalue weighted by atomic mass is 10.0. The molecule has 1 saturated heterocycles. The van der Waals surface area contributed by atoms with Crippen molar-refractivity contribution in [3.05, 3.63) is 76.3 Å². The van der Waals surface area contributed by atoms with Crippen molar-refractivity contribution in [1.29, 1.82) is 0 Å². The lowest BCUT2D eigenvalue weighted by Gasteiger charge is -2.39.